The predicted molar refractivity (Wildman–Crippen MR) is 92.7 cm³/mol. The van der Waals surface area contributed by atoms with Gasteiger partial charge < -0.3 is 10.1 Å². The molecule has 0 saturated carbocycles. The van der Waals surface area contributed by atoms with E-state index >= 15 is 0 Å². The van der Waals surface area contributed by atoms with Crippen molar-refractivity contribution >= 4 is 11.8 Å². The number of nitrogens with zero attached hydrogens (tertiary/aromatic N) is 1. The van der Waals surface area contributed by atoms with Crippen LogP contribution in [-0.2, 0) is 17.7 Å². The van der Waals surface area contributed by atoms with Crippen LogP contribution in [0.3, 0.4) is 0 Å². The Labute approximate surface area is 138 Å². The monoisotopic (exact) mass is 314 g/mol. The zero-order valence-corrected chi connectivity index (χ0v) is 14.3. The topological polar surface area (TPSA) is 41.6 Å². The standard InChI is InChI=1S/C19H26N2O2/c1-19(2,3)23-18(22)21-12-11-14-7-6-8-15(17(14)21)13-20-16-9-4-5-10-16/h4-8,16,20H,9-13H2,1-3H3. The highest BCUT2D eigenvalue weighted by molar-refractivity contribution is 5.91. The maximum absolute atomic E-state index is 12.5. The summed E-state index contributed by atoms with van der Waals surface area (Å²) in [5, 5.41) is 3.59. The second-order valence-electron chi connectivity index (χ2n) is 7.33. The molecule has 1 amide bonds. The first-order valence-electron chi connectivity index (χ1n) is 8.44. The fraction of sp³-hybridized carbons (Fsp3) is 0.526. The van der Waals surface area contributed by atoms with Gasteiger partial charge in [-0.1, -0.05) is 30.4 Å². The van der Waals surface area contributed by atoms with Crippen LogP contribution in [0.4, 0.5) is 10.5 Å². The summed E-state index contributed by atoms with van der Waals surface area (Å²) in [6.45, 7) is 7.20. The number of anilines is 1. The molecule has 1 heterocycles. The third-order valence-electron chi connectivity index (χ3n) is 4.28. The lowest BCUT2D eigenvalue weighted by molar-refractivity contribution is 0.0583. The second-order valence-corrected chi connectivity index (χ2v) is 7.33. The Morgan fingerprint density at radius 2 is 2.04 bits per heavy atom. The molecule has 0 unspecified atom stereocenters. The van der Waals surface area contributed by atoms with E-state index in [2.05, 4.69) is 35.7 Å². The van der Waals surface area contributed by atoms with Crippen LogP contribution in [0.25, 0.3) is 0 Å². The first-order chi connectivity index (χ1) is 10.9. The molecule has 0 bridgehead atoms. The fourth-order valence-electron chi connectivity index (χ4n) is 3.22. The average molecular weight is 314 g/mol. The van der Waals surface area contributed by atoms with Crippen LogP contribution in [0.1, 0.15) is 44.7 Å². The third kappa shape index (κ3) is 3.75. The van der Waals surface area contributed by atoms with Gasteiger partial charge in [0.1, 0.15) is 5.60 Å². The van der Waals surface area contributed by atoms with Gasteiger partial charge in [0.2, 0.25) is 0 Å². The first-order valence-corrected chi connectivity index (χ1v) is 8.44. The van der Waals surface area contributed by atoms with E-state index in [1.54, 1.807) is 4.90 Å². The predicted octanol–water partition coefficient (Wildman–Crippen LogP) is 3.79. The van der Waals surface area contributed by atoms with Gasteiger partial charge >= 0.3 is 6.09 Å². The number of amides is 1. The molecular weight excluding hydrogens is 288 g/mol. The van der Waals surface area contributed by atoms with Gasteiger partial charge in [-0.25, -0.2) is 4.79 Å². The van der Waals surface area contributed by atoms with Crippen LogP contribution >= 0.6 is 0 Å². The largest absolute Gasteiger partial charge is 0.443 e. The van der Waals surface area contributed by atoms with E-state index < -0.39 is 5.60 Å². The van der Waals surface area contributed by atoms with E-state index in [9.17, 15) is 4.79 Å². The maximum atomic E-state index is 12.5. The van der Waals surface area contributed by atoms with Gasteiger partial charge in [0.25, 0.3) is 0 Å². The summed E-state index contributed by atoms with van der Waals surface area (Å²) >= 11 is 0. The van der Waals surface area contributed by atoms with Crippen LogP contribution in [0.15, 0.2) is 30.4 Å². The molecule has 0 spiro atoms. The number of fused-ring (bicyclic) bond motifs is 1. The van der Waals surface area contributed by atoms with Crippen LogP contribution in [0.5, 0.6) is 0 Å². The quantitative estimate of drug-likeness (QED) is 0.863. The van der Waals surface area contributed by atoms with Gasteiger partial charge in [-0.2, -0.15) is 0 Å². The number of nitrogens with one attached hydrogen (secondary N) is 1. The van der Waals surface area contributed by atoms with E-state index in [-0.39, 0.29) is 6.09 Å². The van der Waals surface area contributed by atoms with Crippen molar-refractivity contribution in [2.75, 3.05) is 11.4 Å². The smallest absolute Gasteiger partial charge is 0.414 e. The number of carbonyl (C=O) groups excluding carboxylic acids is 1. The zero-order valence-electron chi connectivity index (χ0n) is 14.3. The fourth-order valence-corrected chi connectivity index (χ4v) is 3.22. The van der Waals surface area contributed by atoms with Crippen LogP contribution < -0.4 is 10.2 Å². The third-order valence-corrected chi connectivity index (χ3v) is 4.28. The van der Waals surface area contributed by atoms with Gasteiger partial charge in [0, 0.05) is 19.1 Å². The lowest BCUT2D eigenvalue weighted by Gasteiger charge is -2.26. The molecule has 0 saturated heterocycles. The van der Waals surface area contributed by atoms with E-state index in [0.29, 0.717) is 12.6 Å². The molecule has 1 aromatic carbocycles. The molecule has 3 rings (SSSR count). The van der Waals surface area contributed by atoms with E-state index in [1.165, 1.54) is 11.1 Å². The highest BCUT2D eigenvalue weighted by Gasteiger charge is 2.30. The molecular formula is C19H26N2O2. The molecule has 2 aliphatic rings. The number of benzene rings is 1. The summed E-state index contributed by atoms with van der Waals surface area (Å²) in [7, 11) is 0. The molecule has 23 heavy (non-hydrogen) atoms. The van der Waals surface area contributed by atoms with Crippen molar-refractivity contribution < 1.29 is 9.53 Å². The van der Waals surface area contributed by atoms with Crippen molar-refractivity contribution in [1.82, 2.24) is 5.32 Å². The first kappa shape index (κ1) is 16.1. The summed E-state index contributed by atoms with van der Waals surface area (Å²) < 4.78 is 5.57. The summed E-state index contributed by atoms with van der Waals surface area (Å²) in [4.78, 5) is 14.3. The Morgan fingerprint density at radius 1 is 1.30 bits per heavy atom. The van der Waals surface area contributed by atoms with Crippen LogP contribution in [-0.4, -0.2) is 24.3 Å². The minimum atomic E-state index is -0.470. The number of ether oxygens (including phenoxy) is 1. The number of hydrogen-bond acceptors (Lipinski definition) is 3. The number of carbonyl (C=O) groups is 1. The molecule has 1 aliphatic heterocycles. The Kier molecular flexibility index (Phi) is 4.44. The molecule has 1 aliphatic carbocycles. The van der Waals surface area contributed by atoms with Gasteiger partial charge in [-0.15, -0.1) is 0 Å². The molecule has 4 nitrogen and oxygen atoms in total. The Hall–Kier alpha value is -1.81. The summed E-state index contributed by atoms with van der Waals surface area (Å²) in [5.74, 6) is 0. The molecule has 0 radical (unpaired) electrons. The van der Waals surface area contributed by atoms with Gasteiger partial charge in [0.05, 0.1) is 5.69 Å². The normalized spacial score (nSPS) is 17.6. The molecule has 124 valence electrons. The number of hydrogen-bond donors (Lipinski definition) is 1. The van der Waals surface area contributed by atoms with Crippen molar-refractivity contribution in [3.8, 4) is 0 Å². The number of para-hydroxylation sites is 1. The molecule has 4 heteroatoms. The molecule has 0 fully saturated rings. The van der Waals surface area contributed by atoms with Crippen LogP contribution in [0.2, 0.25) is 0 Å². The van der Waals surface area contributed by atoms with E-state index in [0.717, 1.165) is 31.5 Å². The molecule has 0 aromatic heterocycles. The van der Waals surface area contributed by atoms with Gasteiger partial charge in [-0.05, 0) is 51.2 Å². The second kappa shape index (κ2) is 6.36. The van der Waals surface area contributed by atoms with Crippen molar-refractivity contribution in [2.24, 2.45) is 0 Å². The minimum absolute atomic E-state index is 0.244. The van der Waals surface area contributed by atoms with E-state index in [4.69, 9.17) is 4.74 Å². The van der Waals surface area contributed by atoms with Gasteiger partial charge in [0.15, 0.2) is 0 Å². The van der Waals surface area contributed by atoms with Gasteiger partial charge in [-0.3, -0.25) is 4.90 Å². The van der Waals surface area contributed by atoms with Crippen molar-refractivity contribution in [2.45, 2.75) is 58.2 Å². The highest BCUT2D eigenvalue weighted by Crippen LogP contribution is 2.33. The summed E-state index contributed by atoms with van der Waals surface area (Å²) in [5.41, 5.74) is 2.99. The van der Waals surface area contributed by atoms with Crippen molar-refractivity contribution in [3.05, 3.63) is 41.5 Å². The van der Waals surface area contributed by atoms with E-state index in [1.807, 2.05) is 20.8 Å². The molecule has 1 N–H and O–H groups in total. The highest BCUT2D eigenvalue weighted by atomic mass is 16.6. The molecule has 0 atom stereocenters. The lowest BCUT2D eigenvalue weighted by Crippen LogP contribution is -2.36. The lowest BCUT2D eigenvalue weighted by atomic mass is 10.1. The Balaban J connectivity index is 1.75. The summed E-state index contributed by atoms with van der Waals surface area (Å²) in [6, 6.07) is 6.82. The van der Waals surface area contributed by atoms with Crippen LogP contribution in [0, 0.1) is 0 Å². The average Bonchev–Trinajstić information content (AvgIpc) is 3.12. The van der Waals surface area contributed by atoms with Crippen molar-refractivity contribution in [1.29, 1.82) is 0 Å². The Morgan fingerprint density at radius 3 is 2.74 bits per heavy atom. The summed E-state index contributed by atoms with van der Waals surface area (Å²) in [6.07, 6.45) is 7.27. The molecule has 1 aromatic rings. The number of rotatable bonds is 3. The van der Waals surface area contributed by atoms with Crippen molar-refractivity contribution in [3.63, 3.8) is 0 Å². The maximum Gasteiger partial charge on any atom is 0.414 e. The Bertz CT molecular complexity index is 608. The zero-order chi connectivity index (χ0) is 16.4. The minimum Gasteiger partial charge on any atom is -0.443 e. The SMILES string of the molecule is CC(C)(C)OC(=O)N1CCc2cccc(CNC3CC=CC3)c21.